The first kappa shape index (κ1) is 13.0. The Morgan fingerprint density at radius 2 is 2.22 bits per heavy atom. The summed E-state index contributed by atoms with van der Waals surface area (Å²) >= 11 is 0. The van der Waals surface area contributed by atoms with Gasteiger partial charge in [0.15, 0.2) is 0 Å². The van der Waals surface area contributed by atoms with E-state index >= 15 is 0 Å². The van der Waals surface area contributed by atoms with Gasteiger partial charge in [0.25, 0.3) is 0 Å². The molecule has 1 unspecified atom stereocenters. The molecule has 1 fully saturated rings. The third-order valence-electron chi connectivity index (χ3n) is 2.61. The number of anilines is 1. The second kappa shape index (κ2) is 4.70. The molecule has 2 heterocycles. The predicted octanol–water partition coefficient (Wildman–Crippen LogP) is -1.47. The van der Waals surface area contributed by atoms with Crippen molar-refractivity contribution >= 4 is 35.1 Å². The van der Waals surface area contributed by atoms with Crippen LogP contribution in [0.1, 0.15) is 6.42 Å². The number of pyridine rings is 1. The van der Waals surface area contributed by atoms with E-state index < -0.39 is 16.1 Å². The van der Waals surface area contributed by atoms with Gasteiger partial charge in [0, 0.05) is 12.7 Å². The smallest absolute Gasteiger partial charge is 0.246 e. The van der Waals surface area contributed by atoms with Crippen LogP contribution >= 0.6 is 0 Å². The minimum Gasteiger partial charge on any atom is -0.295 e. The number of carbonyl (C=O) groups excluding carboxylic acids is 1. The van der Waals surface area contributed by atoms with Crippen LogP contribution in [-0.2, 0) is 14.8 Å². The summed E-state index contributed by atoms with van der Waals surface area (Å²) in [4.78, 5) is 17.5. The molecule has 1 aromatic rings. The van der Waals surface area contributed by atoms with Crippen LogP contribution in [0.4, 0.5) is 5.82 Å². The molecule has 1 aliphatic heterocycles. The van der Waals surface area contributed by atoms with Crippen molar-refractivity contribution in [2.45, 2.75) is 12.5 Å². The Bertz CT molecular complexity index is 558. The highest BCUT2D eigenvalue weighted by molar-refractivity contribution is 7.88. The topological polar surface area (TPSA) is 79.4 Å². The predicted molar refractivity (Wildman–Crippen MR) is 68.4 cm³/mol. The summed E-state index contributed by atoms with van der Waals surface area (Å²) in [6.07, 6.45) is 2.92. The molecule has 1 amide bonds. The molecule has 8 heteroatoms. The van der Waals surface area contributed by atoms with Crippen molar-refractivity contribution < 1.29 is 13.2 Å². The standard InChI is InChI=1S/C10H12BN3O3S/c1-18(16,17)13-8-4-5-14(10(8)15)9-3-2-7(11)6-12-9/h2-3,6,8,13H,4-5H2,1H3. The first-order valence-electron chi connectivity index (χ1n) is 5.37. The van der Waals surface area contributed by atoms with E-state index in [-0.39, 0.29) is 5.91 Å². The second-order valence-corrected chi connectivity index (χ2v) is 5.95. The molecule has 2 radical (unpaired) electrons. The number of hydrogen-bond donors (Lipinski definition) is 1. The number of sulfonamides is 1. The van der Waals surface area contributed by atoms with Gasteiger partial charge in [-0.15, -0.1) is 0 Å². The van der Waals surface area contributed by atoms with Crippen molar-refractivity contribution in [3.63, 3.8) is 0 Å². The third kappa shape index (κ3) is 2.88. The Balaban J connectivity index is 2.14. The fraction of sp³-hybridized carbons (Fsp3) is 0.400. The summed E-state index contributed by atoms with van der Waals surface area (Å²) < 4.78 is 24.5. The molecular weight excluding hydrogens is 253 g/mol. The van der Waals surface area contributed by atoms with Crippen LogP contribution < -0.4 is 15.1 Å². The molecule has 0 aromatic carbocycles. The lowest BCUT2D eigenvalue weighted by molar-refractivity contribution is -0.118. The Morgan fingerprint density at radius 3 is 2.78 bits per heavy atom. The quantitative estimate of drug-likeness (QED) is 0.677. The van der Waals surface area contributed by atoms with Gasteiger partial charge in [-0.1, -0.05) is 11.5 Å². The summed E-state index contributed by atoms with van der Waals surface area (Å²) in [6.45, 7) is 0.433. The van der Waals surface area contributed by atoms with Crippen LogP contribution in [0.5, 0.6) is 0 Å². The highest BCUT2D eigenvalue weighted by Gasteiger charge is 2.34. The van der Waals surface area contributed by atoms with Crippen LogP contribution in [0.3, 0.4) is 0 Å². The fourth-order valence-corrected chi connectivity index (χ4v) is 2.57. The average molecular weight is 265 g/mol. The summed E-state index contributed by atoms with van der Waals surface area (Å²) in [5.74, 6) is 0.185. The molecule has 94 valence electrons. The highest BCUT2D eigenvalue weighted by Crippen LogP contribution is 2.18. The first-order valence-corrected chi connectivity index (χ1v) is 7.26. The normalized spacial score (nSPS) is 20.4. The summed E-state index contributed by atoms with van der Waals surface area (Å²) in [5.41, 5.74) is 0.510. The van der Waals surface area contributed by atoms with Crippen LogP contribution in [-0.4, -0.2) is 46.0 Å². The maximum absolute atomic E-state index is 12.0. The Morgan fingerprint density at radius 1 is 1.50 bits per heavy atom. The molecule has 6 nitrogen and oxygen atoms in total. The molecule has 0 saturated carbocycles. The van der Waals surface area contributed by atoms with Gasteiger partial charge >= 0.3 is 0 Å². The van der Waals surface area contributed by atoms with Gasteiger partial charge < -0.3 is 0 Å². The molecule has 18 heavy (non-hydrogen) atoms. The van der Waals surface area contributed by atoms with E-state index in [0.29, 0.717) is 24.2 Å². The number of nitrogens with zero attached hydrogens (tertiary/aromatic N) is 2. The molecule has 0 spiro atoms. The molecule has 1 aromatic heterocycles. The van der Waals surface area contributed by atoms with Gasteiger partial charge in [-0.2, -0.15) is 0 Å². The molecule has 1 N–H and O–H groups in total. The van der Waals surface area contributed by atoms with E-state index in [2.05, 4.69) is 9.71 Å². The van der Waals surface area contributed by atoms with E-state index in [1.54, 1.807) is 12.1 Å². The number of carbonyl (C=O) groups is 1. The Kier molecular flexibility index (Phi) is 3.40. The maximum Gasteiger partial charge on any atom is 0.246 e. The SMILES string of the molecule is [B]c1ccc(N2CCC(NS(C)(=O)=O)C2=O)nc1. The van der Waals surface area contributed by atoms with E-state index in [0.717, 1.165) is 6.26 Å². The van der Waals surface area contributed by atoms with Crippen molar-refractivity contribution in [3.05, 3.63) is 18.3 Å². The zero-order valence-electron chi connectivity index (χ0n) is 9.83. The van der Waals surface area contributed by atoms with E-state index in [1.165, 1.54) is 11.1 Å². The molecule has 0 aliphatic carbocycles. The number of rotatable bonds is 3. The monoisotopic (exact) mass is 265 g/mol. The lowest BCUT2D eigenvalue weighted by atomic mass is 9.99. The van der Waals surface area contributed by atoms with Crippen molar-refractivity contribution in [2.75, 3.05) is 17.7 Å². The van der Waals surface area contributed by atoms with Crippen LogP contribution in [0.25, 0.3) is 0 Å². The van der Waals surface area contributed by atoms with Crippen LogP contribution in [0.15, 0.2) is 18.3 Å². The molecule has 1 atom stereocenters. The summed E-state index contributed by atoms with van der Waals surface area (Å²) in [6, 6.07) is 2.57. The molecule has 2 rings (SSSR count). The Labute approximate surface area is 107 Å². The average Bonchev–Trinajstić information content (AvgIpc) is 2.60. The summed E-state index contributed by atoms with van der Waals surface area (Å²) in [5, 5.41) is 0. The van der Waals surface area contributed by atoms with Crippen molar-refractivity contribution in [1.82, 2.24) is 9.71 Å². The number of hydrogen-bond acceptors (Lipinski definition) is 4. The van der Waals surface area contributed by atoms with Crippen molar-refractivity contribution in [2.24, 2.45) is 0 Å². The van der Waals surface area contributed by atoms with Gasteiger partial charge in [0.05, 0.1) is 6.26 Å². The fourth-order valence-electron chi connectivity index (χ4n) is 1.83. The van der Waals surface area contributed by atoms with Crippen LogP contribution in [0, 0.1) is 0 Å². The second-order valence-electron chi connectivity index (χ2n) is 4.17. The minimum atomic E-state index is -3.39. The Hall–Kier alpha value is -1.41. The highest BCUT2D eigenvalue weighted by atomic mass is 32.2. The van der Waals surface area contributed by atoms with E-state index in [9.17, 15) is 13.2 Å². The van der Waals surface area contributed by atoms with Gasteiger partial charge in [-0.05, 0) is 12.5 Å². The lowest BCUT2D eigenvalue weighted by Gasteiger charge is -2.15. The maximum atomic E-state index is 12.0. The van der Waals surface area contributed by atoms with E-state index in [1.807, 2.05) is 0 Å². The number of amides is 1. The molecule has 1 aliphatic rings. The van der Waals surface area contributed by atoms with Crippen molar-refractivity contribution in [3.8, 4) is 0 Å². The van der Waals surface area contributed by atoms with Gasteiger partial charge in [0.1, 0.15) is 19.7 Å². The zero-order chi connectivity index (χ0) is 13.3. The molecular formula is C10H12BN3O3S. The van der Waals surface area contributed by atoms with E-state index in [4.69, 9.17) is 7.85 Å². The third-order valence-corrected chi connectivity index (χ3v) is 3.32. The van der Waals surface area contributed by atoms with Gasteiger partial charge in [0.2, 0.25) is 15.9 Å². The summed E-state index contributed by atoms with van der Waals surface area (Å²) in [7, 11) is 2.12. The first-order chi connectivity index (χ1) is 8.37. The van der Waals surface area contributed by atoms with Gasteiger partial charge in [-0.25, -0.2) is 18.1 Å². The number of nitrogens with one attached hydrogen (secondary N) is 1. The number of aromatic nitrogens is 1. The molecule has 0 bridgehead atoms. The van der Waals surface area contributed by atoms with Crippen molar-refractivity contribution in [1.29, 1.82) is 0 Å². The lowest BCUT2D eigenvalue weighted by Crippen LogP contribution is -2.41. The largest absolute Gasteiger partial charge is 0.295 e. The molecule has 1 saturated heterocycles. The van der Waals surface area contributed by atoms with Gasteiger partial charge in [-0.3, -0.25) is 9.69 Å². The van der Waals surface area contributed by atoms with Crippen LogP contribution in [0.2, 0.25) is 0 Å². The zero-order valence-corrected chi connectivity index (χ0v) is 10.6. The minimum absolute atomic E-state index is 0.294.